The first-order valence-corrected chi connectivity index (χ1v) is 8.77. The lowest BCUT2D eigenvalue weighted by Gasteiger charge is -2.04. The van der Waals surface area contributed by atoms with E-state index >= 15 is 0 Å². The van der Waals surface area contributed by atoms with Crippen LogP contribution in [0.4, 0.5) is 13.8 Å². The number of benzene rings is 1. The van der Waals surface area contributed by atoms with Crippen molar-refractivity contribution in [2.24, 2.45) is 0 Å². The Morgan fingerprint density at radius 3 is 2.83 bits per heavy atom. The molecule has 0 saturated heterocycles. The maximum Gasteiger partial charge on any atom is 0.240 e. The Morgan fingerprint density at radius 1 is 1.35 bits per heavy atom. The van der Waals surface area contributed by atoms with E-state index in [-0.39, 0.29) is 15.8 Å². The highest BCUT2D eigenvalue weighted by molar-refractivity contribution is 7.92. The number of aromatic nitrogens is 2. The highest BCUT2D eigenvalue weighted by Crippen LogP contribution is 2.27. The van der Waals surface area contributed by atoms with Crippen LogP contribution >= 0.6 is 11.3 Å². The number of nitrogens with one attached hydrogen (secondary N) is 2. The zero-order chi connectivity index (χ0) is 16.6. The van der Waals surface area contributed by atoms with Gasteiger partial charge in [-0.05, 0) is 6.07 Å². The number of hydrogen-bond donors (Lipinski definition) is 2. The van der Waals surface area contributed by atoms with Crippen molar-refractivity contribution in [2.75, 3.05) is 11.1 Å². The largest absolute Gasteiger partial charge is 0.360 e. The molecule has 3 aromatic rings. The fourth-order valence-corrected chi connectivity index (χ4v) is 3.96. The SMILES string of the molecule is O=C(CS(=O)(=O)c1c[nH]c2cc(F)cc(F)c12)Nc1cncs1. The molecule has 1 aromatic carbocycles. The highest BCUT2D eigenvalue weighted by atomic mass is 32.2. The topological polar surface area (TPSA) is 91.9 Å². The van der Waals surface area contributed by atoms with Gasteiger partial charge in [0.25, 0.3) is 0 Å². The second-order valence-electron chi connectivity index (χ2n) is 4.64. The van der Waals surface area contributed by atoms with E-state index in [0.717, 1.165) is 23.6 Å². The van der Waals surface area contributed by atoms with Crippen LogP contribution in [0.15, 0.2) is 34.9 Å². The van der Waals surface area contributed by atoms with Gasteiger partial charge < -0.3 is 10.3 Å². The first-order chi connectivity index (χ1) is 10.9. The van der Waals surface area contributed by atoms with E-state index in [1.807, 2.05) is 0 Å². The maximum atomic E-state index is 13.9. The lowest BCUT2D eigenvalue weighted by Crippen LogP contribution is -2.22. The standard InChI is InChI=1S/C13H9F2N3O3S2/c14-7-1-8(15)13-9(2-7)17-3-10(13)23(20,21)5-11(19)18-12-4-16-6-22-12/h1-4,6,17H,5H2,(H,18,19). The molecule has 3 rings (SSSR count). The number of halogens is 2. The summed E-state index contributed by atoms with van der Waals surface area (Å²) >= 11 is 1.14. The minimum Gasteiger partial charge on any atom is -0.360 e. The second-order valence-corrected chi connectivity index (χ2v) is 7.48. The fourth-order valence-electron chi connectivity index (χ4n) is 2.10. The number of rotatable bonds is 4. The molecule has 23 heavy (non-hydrogen) atoms. The summed E-state index contributed by atoms with van der Waals surface area (Å²) in [6.45, 7) is 0. The Morgan fingerprint density at radius 2 is 2.13 bits per heavy atom. The molecule has 1 amide bonds. The smallest absolute Gasteiger partial charge is 0.240 e. The summed E-state index contributed by atoms with van der Waals surface area (Å²) in [5.41, 5.74) is 1.48. The summed E-state index contributed by atoms with van der Waals surface area (Å²) in [5.74, 6) is -3.48. The third kappa shape index (κ3) is 3.08. The molecule has 2 N–H and O–H groups in total. The van der Waals surface area contributed by atoms with E-state index in [4.69, 9.17) is 0 Å². The summed E-state index contributed by atoms with van der Waals surface area (Å²) in [6, 6.07) is 1.57. The van der Waals surface area contributed by atoms with Gasteiger partial charge in [0.05, 0.1) is 27.5 Å². The molecule has 120 valence electrons. The number of H-pyrrole nitrogens is 1. The summed E-state index contributed by atoms with van der Waals surface area (Å²) in [7, 11) is -4.10. The molecule has 2 aromatic heterocycles. The van der Waals surface area contributed by atoms with Gasteiger partial charge in [-0.25, -0.2) is 17.2 Å². The number of fused-ring (bicyclic) bond motifs is 1. The fraction of sp³-hybridized carbons (Fsp3) is 0.0769. The van der Waals surface area contributed by atoms with Crippen molar-refractivity contribution in [3.63, 3.8) is 0 Å². The Labute approximate surface area is 133 Å². The van der Waals surface area contributed by atoms with Crippen LogP contribution in [-0.2, 0) is 14.6 Å². The van der Waals surface area contributed by atoms with Crippen LogP contribution in [0.2, 0.25) is 0 Å². The van der Waals surface area contributed by atoms with Crippen molar-refractivity contribution in [2.45, 2.75) is 4.90 Å². The van der Waals surface area contributed by atoms with Gasteiger partial charge in [0.1, 0.15) is 22.4 Å². The number of anilines is 1. The van der Waals surface area contributed by atoms with Crippen molar-refractivity contribution in [1.29, 1.82) is 0 Å². The number of carbonyl (C=O) groups excluding carboxylic acids is 1. The molecule has 0 fully saturated rings. The normalized spacial score (nSPS) is 11.7. The highest BCUT2D eigenvalue weighted by Gasteiger charge is 2.25. The molecule has 0 atom stereocenters. The molecule has 0 aliphatic rings. The van der Waals surface area contributed by atoms with E-state index in [2.05, 4.69) is 15.3 Å². The molecule has 0 spiro atoms. The molecule has 0 bridgehead atoms. The lowest BCUT2D eigenvalue weighted by molar-refractivity contribution is -0.113. The summed E-state index contributed by atoms with van der Waals surface area (Å²) in [5, 5.41) is 2.52. The number of amides is 1. The minimum atomic E-state index is -4.10. The van der Waals surface area contributed by atoms with Crippen LogP contribution < -0.4 is 5.32 Å². The number of nitrogens with zero attached hydrogens (tertiary/aromatic N) is 1. The Balaban J connectivity index is 1.92. The van der Waals surface area contributed by atoms with Crippen molar-refractivity contribution < 1.29 is 22.0 Å². The van der Waals surface area contributed by atoms with E-state index < -0.39 is 33.1 Å². The summed E-state index contributed by atoms with van der Waals surface area (Å²) in [6.07, 6.45) is 2.42. The molecule has 0 aliphatic heterocycles. The van der Waals surface area contributed by atoms with Gasteiger partial charge in [-0.3, -0.25) is 9.78 Å². The van der Waals surface area contributed by atoms with Gasteiger partial charge in [0.2, 0.25) is 5.91 Å². The van der Waals surface area contributed by atoms with Crippen molar-refractivity contribution in [1.82, 2.24) is 9.97 Å². The minimum absolute atomic E-state index is 0.00365. The molecule has 0 unspecified atom stereocenters. The predicted octanol–water partition coefficient (Wildman–Crippen LogP) is 2.32. The number of aromatic amines is 1. The monoisotopic (exact) mass is 357 g/mol. The Kier molecular flexibility index (Phi) is 3.86. The first-order valence-electron chi connectivity index (χ1n) is 6.24. The van der Waals surface area contributed by atoms with Gasteiger partial charge in [0, 0.05) is 12.3 Å². The average molecular weight is 357 g/mol. The summed E-state index contributed by atoms with van der Waals surface area (Å²) in [4.78, 5) is 17.7. The van der Waals surface area contributed by atoms with Gasteiger partial charge >= 0.3 is 0 Å². The lowest BCUT2D eigenvalue weighted by atomic mass is 10.2. The van der Waals surface area contributed by atoms with Crippen LogP contribution in [-0.4, -0.2) is 30.0 Å². The molecule has 0 aliphatic carbocycles. The second kappa shape index (κ2) is 5.70. The number of thiazole rings is 1. The molecular weight excluding hydrogens is 348 g/mol. The van der Waals surface area contributed by atoms with E-state index in [1.54, 1.807) is 0 Å². The Hall–Kier alpha value is -2.33. The molecule has 2 heterocycles. The van der Waals surface area contributed by atoms with E-state index in [9.17, 15) is 22.0 Å². The molecule has 10 heteroatoms. The first kappa shape index (κ1) is 15.6. The molecule has 0 radical (unpaired) electrons. The third-order valence-corrected chi connectivity index (χ3v) is 5.33. The average Bonchev–Trinajstić information content (AvgIpc) is 3.06. The zero-order valence-electron chi connectivity index (χ0n) is 11.3. The maximum absolute atomic E-state index is 13.9. The molecule has 6 nitrogen and oxygen atoms in total. The van der Waals surface area contributed by atoms with Crippen molar-refractivity contribution in [3.8, 4) is 0 Å². The van der Waals surface area contributed by atoms with Gasteiger partial charge in [-0.1, -0.05) is 0 Å². The predicted molar refractivity (Wildman–Crippen MR) is 81.0 cm³/mol. The van der Waals surface area contributed by atoms with Crippen molar-refractivity contribution in [3.05, 3.63) is 41.7 Å². The zero-order valence-corrected chi connectivity index (χ0v) is 13.0. The summed E-state index contributed by atoms with van der Waals surface area (Å²) < 4.78 is 51.7. The number of carbonyl (C=O) groups is 1. The van der Waals surface area contributed by atoms with E-state index in [1.165, 1.54) is 11.7 Å². The number of hydrogen-bond acceptors (Lipinski definition) is 5. The van der Waals surface area contributed by atoms with Crippen LogP contribution in [0, 0.1) is 11.6 Å². The van der Waals surface area contributed by atoms with Crippen LogP contribution in [0.1, 0.15) is 0 Å². The van der Waals surface area contributed by atoms with Gasteiger partial charge in [-0.15, -0.1) is 11.3 Å². The van der Waals surface area contributed by atoms with Crippen LogP contribution in [0.3, 0.4) is 0 Å². The Bertz CT molecular complexity index is 981. The van der Waals surface area contributed by atoms with E-state index in [0.29, 0.717) is 11.1 Å². The number of sulfone groups is 1. The van der Waals surface area contributed by atoms with Gasteiger partial charge in [-0.2, -0.15) is 0 Å². The third-order valence-electron chi connectivity index (χ3n) is 3.01. The molecular formula is C13H9F2N3O3S2. The van der Waals surface area contributed by atoms with Crippen molar-refractivity contribution >= 4 is 43.0 Å². The molecule has 0 saturated carbocycles. The quantitative estimate of drug-likeness (QED) is 0.749. The van der Waals surface area contributed by atoms with Crippen LogP contribution in [0.5, 0.6) is 0 Å². The van der Waals surface area contributed by atoms with Crippen LogP contribution in [0.25, 0.3) is 10.9 Å². The van der Waals surface area contributed by atoms with Gasteiger partial charge in [0.15, 0.2) is 9.84 Å².